The minimum absolute atomic E-state index is 0.670. The lowest BCUT2D eigenvalue weighted by atomic mass is 10.1. The van der Waals surface area contributed by atoms with Crippen LogP contribution in [0.25, 0.3) is 22.0 Å². The first kappa shape index (κ1) is 12.2. The summed E-state index contributed by atoms with van der Waals surface area (Å²) in [5, 5.41) is 1.22. The van der Waals surface area contributed by atoms with Crippen LogP contribution in [0.2, 0.25) is 0 Å². The Morgan fingerprint density at radius 2 is 2.00 bits per heavy atom. The van der Waals surface area contributed by atoms with Crippen LogP contribution in [0, 0.1) is 5.92 Å². The number of anilines is 1. The standard InChI is InChI=1S/C18H18N4/c1-2-15(16-6-7-19-17(16)3-1)13-9-20-18(21-10-13)22-11-12-4-5-14(22)8-12/h1-3,6-7,9-10,12,14,19H,4-5,8,11H2. The van der Waals surface area contributed by atoms with Crippen LogP contribution in [0.3, 0.4) is 0 Å². The van der Waals surface area contributed by atoms with Crippen LogP contribution in [-0.2, 0) is 0 Å². The van der Waals surface area contributed by atoms with E-state index >= 15 is 0 Å². The zero-order valence-corrected chi connectivity index (χ0v) is 12.4. The monoisotopic (exact) mass is 290 g/mol. The average Bonchev–Trinajstić information content (AvgIpc) is 3.30. The highest BCUT2D eigenvalue weighted by molar-refractivity contribution is 5.94. The Balaban J connectivity index is 1.51. The zero-order valence-electron chi connectivity index (χ0n) is 12.4. The van der Waals surface area contributed by atoms with Gasteiger partial charge >= 0.3 is 0 Å². The molecule has 1 N–H and O–H groups in total. The molecule has 1 saturated carbocycles. The first-order valence-electron chi connectivity index (χ1n) is 8.03. The van der Waals surface area contributed by atoms with Crippen molar-refractivity contribution in [3.05, 3.63) is 42.9 Å². The quantitative estimate of drug-likeness (QED) is 0.784. The highest BCUT2D eigenvalue weighted by Crippen LogP contribution is 2.39. The van der Waals surface area contributed by atoms with Gasteiger partial charge < -0.3 is 9.88 Å². The van der Waals surface area contributed by atoms with Gasteiger partial charge in [0.15, 0.2) is 0 Å². The summed E-state index contributed by atoms with van der Waals surface area (Å²) in [6.45, 7) is 1.14. The van der Waals surface area contributed by atoms with Gasteiger partial charge in [0.05, 0.1) is 0 Å². The lowest BCUT2D eigenvalue weighted by Crippen LogP contribution is -2.33. The fourth-order valence-electron chi connectivity index (χ4n) is 4.12. The number of fused-ring (bicyclic) bond motifs is 3. The van der Waals surface area contributed by atoms with Crippen LogP contribution in [-0.4, -0.2) is 27.5 Å². The maximum absolute atomic E-state index is 4.65. The molecule has 2 bridgehead atoms. The summed E-state index contributed by atoms with van der Waals surface area (Å²) in [4.78, 5) is 15.0. The summed E-state index contributed by atoms with van der Waals surface area (Å²) in [5.41, 5.74) is 3.42. The van der Waals surface area contributed by atoms with Gasteiger partial charge in [-0.05, 0) is 42.9 Å². The molecule has 110 valence electrons. The highest BCUT2D eigenvalue weighted by Gasteiger charge is 2.38. The Morgan fingerprint density at radius 3 is 2.77 bits per heavy atom. The number of nitrogens with one attached hydrogen (secondary N) is 1. The molecule has 0 spiro atoms. The largest absolute Gasteiger partial charge is 0.361 e. The molecule has 1 aliphatic heterocycles. The van der Waals surface area contributed by atoms with E-state index in [1.54, 1.807) is 0 Å². The summed E-state index contributed by atoms with van der Waals surface area (Å²) in [6, 6.07) is 9.07. The maximum atomic E-state index is 4.65. The van der Waals surface area contributed by atoms with Gasteiger partial charge in [0.2, 0.25) is 5.95 Å². The Kier molecular flexibility index (Phi) is 2.53. The topological polar surface area (TPSA) is 44.8 Å². The van der Waals surface area contributed by atoms with Crippen molar-refractivity contribution in [2.24, 2.45) is 5.92 Å². The Hall–Kier alpha value is -2.36. The van der Waals surface area contributed by atoms with E-state index in [9.17, 15) is 0 Å². The summed E-state index contributed by atoms with van der Waals surface area (Å²) in [5.74, 6) is 1.76. The normalized spacial score (nSPS) is 23.5. The number of H-pyrrole nitrogens is 1. The van der Waals surface area contributed by atoms with Gasteiger partial charge in [-0.1, -0.05) is 12.1 Å². The molecule has 2 fully saturated rings. The average molecular weight is 290 g/mol. The molecule has 5 rings (SSSR count). The molecule has 0 radical (unpaired) electrons. The van der Waals surface area contributed by atoms with E-state index in [1.807, 2.05) is 18.6 Å². The van der Waals surface area contributed by atoms with Crippen molar-refractivity contribution < 1.29 is 0 Å². The second-order valence-electron chi connectivity index (χ2n) is 6.50. The third-order valence-corrected chi connectivity index (χ3v) is 5.21. The van der Waals surface area contributed by atoms with Crippen molar-refractivity contribution in [1.82, 2.24) is 15.0 Å². The van der Waals surface area contributed by atoms with Gasteiger partial charge in [-0.15, -0.1) is 0 Å². The van der Waals surface area contributed by atoms with Crippen molar-refractivity contribution in [1.29, 1.82) is 0 Å². The smallest absolute Gasteiger partial charge is 0.225 e. The molecule has 0 amide bonds. The molecule has 3 aromatic rings. The predicted molar refractivity (Wildman–Crippen MR) is 87.8 cm³/mol. The van der Waals surface area contributed by atoms with Crippen LogP contribution >= 0.6 is 0 Å². The number of rotatable bonds is 2. The van der Waals surface area contributed by atoms with Crippen molar-refractivity contribution in [3.8, 4) is 11.1 Å². The van der Waals surface area contributed by atoms with E-state index in [2.05, 4.69) is 44.1 Å². The third-order valence-electron chi connectivity index (χ3n) is 5.21. The molecule has 2 aliphatic rings. The zero-order chi connectivity index (χ0) is 14.5. The number of piperidine rings is 1. The number of aromatic nitrogens is 3. The summed E-state index contributed by atoms with van der Waals surface area (Å²) >= 11 is 0. The number of hydrogen-bond donors (Lipinski definition) is 1. The van der Waals surface area contributed by atoms with E-state index in [0.29, 0.717) is 6.04 Å². The van der Waals surface area contributed by atoms with Crippen molar-refractivity contribution in [2.45, 2.75) is 25.3 Å². The molecule has 2 atom stereocenters. The molecular weight excluding hydrogens is 272 g/mol. The van der Waals surface area contributed by atoms with Gasteiger partial charge in [0, 0.05) is 47.6 Å². The SMILES string of the molecule is c1cc(-c2cnc(N3CC4CCC3C4)nc2)c2cc[nH]c2c1. The van der Waals surface area contributed by atoms with Gasteiger partial charge in [-0.3, -0.25) is 0 Å². The first-order valence-corrected chi connectivity index (χ1v) is 8.03. The number of benzene rings is 1. The molecule has 4 heteroatoms. The Morgan fingerprint density at radius 1 is 1.09 bits per heavy atom. The fourth-order valence-corrected chi connectivity index (χ4v) is 4.12. The summed E-state index contributed by atoms with van der Waals surface area (Å²) in [6.07, 6.45) is 9.93. The maximum Gasteiger partial charge on any atom is 0.225 e. The number of hydrogen-bond acceptors (Lipinski definition) is 3. The second kappa shape index (κ2) is 4.57. The van der Waals surface area contributed by atoms with Crippen LogP contribution in [0.1, 0.15) is 19.3 Å². The minimum Gasteiger partial charge on any atom is -0.361 e. The van der Waals surface area contributed by atoms with Crippen LogP contribution in [0.15, 0.2) is 42.9 Å². The molecule has 1 aliphatic carbocycles. The molecule has 2 aromatic heterocycles. The van der Waals surface area contributed by atoms with Gasteiger partial charge in [0.1, 0.15) is 0 Å². The molecule has 2 unspecified atom stereocenters. The van der Waals surface area contributed by atoms with Gasteiger partial charge in [0.25, 0.3) is 0 Å². The fraction of sp³-hybridized carbons (Fsp3) is 0.333. The van der Waals surface area contributed by atoms with Crippen molar-refractivity contribution in [3.63, 3.8) is 0 Å². The Labute approximate surface area is 129 Å². The number of aromatic amines is 1. The van der Waals surface area contributed by atoms with Crippen LogP contribution < -0.4 is 4.90 Å². The molecular formula is C18H18N4. The molecule has 22 heavy (non-hydrogen) atoms. The lowest BCUT2D eigenvalue weighted by Gasteiger charge is -2.26. The van der Waals surface area contributed by atoms with Crippen LogP contribution in [0.4, 0.5) is 5.95 Å². The van der Waals surface area contributed by atoms with Crippen molar-refractivity contribution in [2.75, 3.05) is 11.4 Å². The van der Waals surface area contributed by atoms with E-state index < -0.39 is 0 Å². The minimum atomic E-state index is 0.670. The van der Waals surface area contributed by atoms with E-state index in [-0.39, 0.29) is 0 Å². The third kappa shape index (κ3) is 1.76. The second-order valence-corrected chi connectivity index (χ2v) is 6.50. The Bertz CT molecular complexity index is 820. The number of nitrogens with zero attached hydrogens (tertiary/aromatic N) is 3. The first-order chi connectivity index (χ1) is 10.9. The molecule has 1 saturated heterocycles. The molecule has 1 aromatic carbocycles. The molecule has 4 nitrogen and oxygen atoms in total. The van der Waals surface area contributed by atoms with E-state index in [0.717, 1.165) is 29.5 Å². The van der Waals surface area contributed by atoms with Gasteiger partial charge in [-0.2, -0.15) is 0 Å². The summed E-state index contributed by atoms with van der Waals surface area (Å²) < 4.78 is 0. The highest BCUT2D eigenvalue weighted by atomic mass is 15.3. The summed E-state index contributed by atoms with van der Waals surface area (Å²) in [7, 11) is 0. The van der Waals surface area contributed by atoms with Crippen LogP contribution in [0.5, 0.6) is 0 Å². The molecule has 3 heterocycles. The predicted octanol–water partition coefficient (Wildman–Crippen LogP) is 3.61. The van der Waals surface area contributed by atoms with Crippen molar-refractivity contribution >= 4 is 16.9 Å². The van der Waals surface area contributed by atoms with E-state index in [1.165, 1.54) is 30.2 Å². The van der Waals surface area contributed by atoms with Gasteiger partial charge in [-0.25, -0.2) is 9.97 Å². The van der Waals surface area contributed by atoms with E-state index in [4.69, 9.17) is 0 Å². The lowest BCUT2D eigenvalue weighted by molar-refractivity contribution is 0.546.